The number of thiophene rings is 1. The molecule has 3 rings (SSSR count). The maximum absolute atomic E-state index is 12.9. The molecular formula is C15H16BrNO2S2. The fourth-order valence-electron chi connectivity index (χ4n) is 2.85. The highest BCUT2D eigenvalue weighted by molar-refractivity contribution is 9.11. The average Bonchev–Trinajstić information content (AvgIpc) is 3.08. The molecule has 6 heteroatoms. The van der Waals surface area contributed by atoms with Crippen molar-refractivity contribution in [3.05, 3.63) is 51.3 Å². The van der Waals surface area contributed by atoms with Crippen molar-refractivity contribution in [1.29, 1.82) is 0 Å². The quantitative estimate of drug-likeness (QED) is 0.787. The van der Waals surface area contributed by atoms with Crippen LogP contribution in [0.2, 0.25) is 0 Å². The molecule has 0 aliphatic carbocycles. The lowest BCUT2D eigenvalue weighted by Gasteiger charge is -2.25. The molecule has 1 aromatic heterocycles. The molecule has 2 aromatic rings. The SMILES string of the molecule is Cc1ccccc1[C@@H]1CCCN1S(=O)(=O)c1ccc(Br)s1. The van der Waals surface area contributed by atoms with Gasteiger partial charge in [-0.05, 0) is 59.0 Å². The summed E-state index contributed by atoms with van der Waals surface area (Å²) in [4.78, 5) is 0. The molecule has 0 unspecified atom stereocenters. The molecule has 0 saturated carbocycles. The number of benzene rings is 1. The second-order valence-corrected chi connectivity index (χ2v) is 9.77. The van der Waals surface area contributed by atoms with Gasteiger partial charge in [-0.2, -0.15) is 4.31 Å². The Balaban J connectivity index is 2.00. The van der Waals surface area contributed by atoms with Crippen LogP contribution in [0.15, 0.2) is 44.4 Å². The molecule has 1 aliphatic heterocycles. The molecule has 2 heterocycles. The van der Waals surface area contributed by atoms with E-state index >= 15 is 0 Å². The van der Waals surface area contributed by atoms with E-state index in [2.05, 4.69) is 15.9 Å². The molecule has 1 aromatic carbocycles. The van der Waals surface area contributed by atoms with Crippen LogP contribution in [0.4, 0.5) is 0 Å². The van der Waals surface area contributed by atoms with E-state index in [4.69, 9.17) is 0 Å². The summed E-state index contributed by atoms with van der Waals surface area (Å²) in [5.41, 5.74) is 2.27. The van der Waals surface area contributed by atoms with E-state index < -0.39 is 10.0 Å². The predicted molar refractivity (Wildman–Crippen MR) is 89.1 cm³/mol. The van der Waals surface area contributed by atoms with Crippen LogP contribution in [0.25, 0.3) is 0 Å². The summed E-state index contributed by atoms with van der Waals surface area (Å²) in [6.45, 7) is 2.64. The molecule has 1 aliphatic rings. The van der Waals surface area contributed by atoms with Crippen LogP contribution in [0.1, 0.15) is 30.0 Å². The van der Waals surface area contributed by atoms with Gasteiger partial charge in [0.1, 0.15) is 4.21 Å². The minimum atomic E-state index is -3.41. The number of nitrogens with zero attached hydrogens (tertiary/aromatic N) is 1. The van der Waals surface area contributed by atoms with E-state index in [1.54, 1.807) is 16.4 Å². The van der Waals surface area contributed by atoms with Gasteiger partial charge in [-0.15, -0.1) is 11.3 Å². The average molecular weight is 386 g/mol. The summed E-state index contributed by atoms with van der Waals surface area (Å²) in [7, 11) is -3.41. The molecule has 112 valence electrons. The maximum Gasteiger partial charge on any atom is 0.253 e. The maximum atomic E-state index is 12.9. The molecule has 0 spiro atoms. The second kappa shape index (κ2) is 5.83. The lowest BCUT2D eigenvalue weighted by Crippen LogP contribution is -2.30. The Hall–Kier alpha value is -0.690. The molecule has 0 N–H and O–H groups in total. The van der Waals surface area contributed by atoms with Gasteiger partial charge in [0.15, 0.2) is 0 Å². The molecule has 3 nitrogen and oxygen atoms in total. The Bertz CT molecular complexity index is 755. The van der Waals surface area contributed by atoms with Crippen LogP contribution >= 0.6 is 27.3 Å². The number of halogens is 1. The lowest BCUT2D eigenvalue weighted by atomic mass is 10.0. The number of rotatable bonds is 3. The normalized spacial score (nSPS) is 20.0. The number of aryl methyl sites for hydroxylation is 1. The van der Waals surface area contributed by atoms with Crippen molar-refractivity contribution >= 4 is 37.3 Å². The number of hydrogen-bond acceptors (Lipinski definition) is 3. The first-order valence-electron chi connectivity index (χ1n) is 6.83. The molecule has 1 atom stereocenters. The molecule has 1 saturated heterocycles. The van der Waals surface area contributed by atoms with Gasteiger partial charge in [-0.25, -0.2) is 8.42 Å². The van der Waals surface area contributed by atoms with Gasteiger partial charge < -0.3 is 0 Å². The van der Waals surface area contributed by atoms with E-state index in [9.17, 15) is 8.42 Å². The van der Waals surface area contributed by atoms with Crippen LogP contribution < -0.4 is 0 Å². The molecule has 0 radical (unpaired) electrons. The molecule has 0 bridgehead atoms. The predicted octanol–water partition coefficient (Wildman–Crippen LogP) is 4.34. The third-order valence-electron chi connectivity index (χ3n) is 3.86. The summed E-state index contributed by atoms with van der Waals surface area (Å²) in [5.74, 6) is 0. The van der Waals surface area contributed by atoms with Crippen molar-refractivity contribution < 1.29 is 8.42 Å². The Morgan fingerprint density at radius 1 is 1.24 bits per heavy atom. The van der Waals surface area contributed by atoms with Gasteiger partial charge in [-0.3, -0.25) is 0 Å². The minimum Gasteiger partial charge on any atom is -0.206 e. The standard InChI is InChI=1S/C15H16BrNO2S2/c1-11-5-2-3-6-12(11)13-7-4-10-17(13)21(18,19)15-9-8-14(16)20-15/h2-3,5-6,8-9,13H,4,7,10H2,1H3/t13-/m0/s1. The van der Waals surface area contributed by atoms with Crippen LogP contribution in [0, 0.1) is 6.92 Å². The summed E-state index contributed by atoms with van der Waals surface area (Å²) in [6.07, 6.45) is 1.79. The van der Waals surface area contributed by atoms with Crippen LogP contribution in [-0.2, 0) is 10.0 Å². The summed E-state index contributed by atoms with van der Waals surface area (Å²) in [6, 6.07) is 11.5. The third-order valence-corrected chi connectivity index (χ3v) is 7.86. The van der Waals surface area contributed by atoms with Gasteiger partial charge in [0.25, 0.3) is 10.0 Å². The second-order valence-electron chi connectivity index (χ2n) is 5.19. The van der Waals surface area contributed by atoms with Crippen molar-refractivity contribution in [2.75, 3.05) is 6.54 Å². The van der Waals surface area contributed by atoms with Gasteiger partial charge >= 0.3 is 0 Å². The topological polar surface area (TPSA) is 37.4 Å². The smallest absolute Gasteiger partial charge is 0.206 e. The minimum absolute atomic E-state index is 0.0444. The van der Waals surface area contributed by atoms with Crippen LogP contribution in [0.3, 0.4) is 0 Å². The number of hydrogen-bond donors (Lipinski definition) is 0. The molecular weight excluding hydrogens is 370 g/mol. The first kappa shape index (κ1) is 15.2. The zero-order valence-corrected chi connectivity index (χ0v) is 14.8. The van der Waals surface area contributed by atoms with E-state index in [0.717, 1.165) is 27.8 Å². The van der Waals surface area contributed by atoms with Gasteiger partial charge in [-0.1, -0.05) is 24.3 Å². The van der Waals surface area contributed by atoms with Gasteiger partial charge in [0, 0.05) is 6.54 Å². The molecule has 0 amide bonds. The highest BCUT2D eigenvalue weighted by atomic mass is 79.9. The summed E-state index contributed by atoms with van der Waals surface area (Å²) in [5, 5.41) is 0. The van der Waals surface area contributed by atoms with E-state index in [0.29, 0.717) is 10.8 Å². The van der Waals surface area contributed by atoms with Crippen molar-refractivity contribution in [2.45, 2.75) is 30.0 Å². The largest absolute Gasteiger partial charge is 0.253 e. The van der Waals surface area contributed by atoms with Crippen molar-refractivity contribution in [1.82, 2.24) is 4.31 Å². The van der Waals surface area contributed by atoms with E-state index in [-0.39, 0.29) is 6.04 Å². The van der Waals surface area contributed by atoms with Crippen molar-refractivity contribution in [3.8, 4) is 0 Å². The zero-order chi connectivity index (χ0) is 15.0. The van der Waals surface area contributed by atoms with Crippen molar-refractivity contribution in [3.63, 3.8) is 0 Å². The lowest BCUT2D eigenvalue weighted by molar-refractivity contribution is 0.397. The fraction of sp³-hybridized carbons (Fsp3) is 0.333. The Morgan fingerprint density at radius 3 is 2.67 bits per heavy atom. The monoisotopic (exact) mass is 385 g/mol. The Labute approximate surface area is 137 Å². The van der Waals surface area contributed by atoms with Crippen molar-refractivity contribution in [2.24, 2.45) is 0 Å². The Kier molecular flexibility index (Phi) is 4.23. The summed E-state index contributed by atoms with van der Waals surface area (Å²) < 4.78 is 28.6. The highest BCUT2D eigenvalue weighted by Gasteiger charge is 2.37. The zero-order valence-electron chi connectivity index (χ0n) is 11.6. The van der Waals surface area contributed by atoms with Crippen LogP contribution in [0.5, 0.6) is 0 Å². The highest BCUT2D eigenvalue weighted by Crippen LogP contribution is 2.39. The first-order valence-corrected chi connectivity index (χ1v) is 9.88. The first-order chi connectivity index (χ1) is 10.00. The fourth-order valence-corrected chi connectivity index (χ4v) is 6.66. The molecule has 1 fully saturated rings. The van der Waals surface area contributed by atoms with E-state index in [1.807, 2.05) is 31.2 Å². The summed E-state index contributed by atoms with van der Waals surface area (Å²) >= 11 is 4.61. The van der Waals surface area contributed by atoms with Gasteiger partial charge in [0.05, 0.1) is 9.83 Å². The molecule has 21 heavy (non-hydrogen) atoms. The third kappa shape index (κ3) is 2.82. The van der Waals surface area contributed by atoms with Gasteiger partial charge in [0.2, 0.25) is 0 Å². The van der Waals surface area contributed by atoms with Crippen LogP contribution in [-0.4, -0.2) is 19.3 Å². The van der Waals surface area contributed by atoms with E-state index in [1.165, 1.54) is 11.3 Å². The Morgan fingerprint density at radius 2 is 2.00 bits per heavy atom. The number of sulfonamides is 1.